The van der Waals surface area contributed by atoms with Crippen LogP contribution in [0, 0.1) is 13.8 Å². The van der Waals surface area contributed by atoms with E-state index in [4.69, 9.17) is 10.5 Å². The first-order valence-corrected chi connectivity index (χ1v) is 6.56. The van der Waals surface area contributed by atoms with Crippen molar-refractivity contribution in [3.8, 4) is 5.75 Å². The summed E-state index contributed by atoms with van der Waals surface area (Å²) < 4.78 is 5.23. The lowest BCUT2D eigenvalue weighted by Crippen LogP contribution is -2.15. The summed E-state index contributed by atoms with van der Waals surface area (Å²) in [4.78, 5) is 0. The van der Waals surface area contributed by atoms with E-state index < -0.39 is 0 Å². The van der Waals surface area contributed by atoms with E-state index in [0.717, 1.165) is 12.2 Å². The number of nitrogens with two attached hydrogens (primary N) is 1. The molecule has 1 atom stereocenters. The van der Waals surface area contributed by atoms with E-state index in [1.54, 1.807) is 7.11 Å². The van der Waals surface area contributed by atoms with Crippen molar-refractivity contribution in [1.29, 1.82) is 0 Å². The van der Waals surface area contributed by atoms with Gasteiger partial charge < -0.3 is 10.5 Å². The highest BCUT2D eigenvalue weighted by molar-refractivity contribution is 5.38. The molecule has 0 saturated heterocycles. The highest BCUT2D eigenvalue weighted by atomic mass is 16.5. The van der Waals surface area contributed by atoms with E-state index >= 15 is 0 Å². The molecule has 0 saturated carbocycles. The average molecular weight is 255 g/mol. The SMILES string of the molecule is COc1ccc(C(N)Cc2ccccc2C)c(C)c1. The third-order valence-electron chi connectivity index (χ3n) is 3.58. The molecule has 0 aromatic heterocycles. The maximum Gasteiger partial charge on any atom is 0.119 e. The zero-order valence-electron chi connectivity index (χ0n) is 11.8. The summed E-state index contributed by atoms with van der Waals surface area (Å²) in [5.74, 6) is 0.879. The van der Waals surface area contributed by atoms with Crippen molar-refractivity contribution in [2.75, 3.05) is 7.11 Å². The van der Waals surface area contributed by atoms with Gasteiger partial charge in [0.15, 0.2) is 0 Å². The van der Waals surface area contributed by atoms with Crippen molar-refractivity contribution in [3.63, 3.8) is 0 Å². The fraction of sp³-hybridized carbons (Fsp3) is 0.294. The van der Waals surface area contributed by atoms with E-state index in [2.05, 4.69) is 44.2 Å². The van der Waals surface area contributed by atoms with Crippen LogP contribution in [0.15, 0.2) is 42.5 Å². The number of hydrogen-bond acceptors (Lipinski definition) is 2. The molecule has 0 bridgehead atoms. The van der Waals surface area contributed by atoms with Crippen molar-refractivity contribution < 1.29 is 4.74 Å². The fourth-order valence-corrected chi connectivity index (χ4v) is 2.38. The molecule has 0 fully saturated rings. The molecular formula is C17H21NO. The predicted molar refractivity (Wildman–Crippen MR) is 79.5 cm³/mol. The molecular weight excluding hydrogens is 234 g/mol. The summed E-state index contributed by atoms with van der Waals surface area (Å²) in [6.45, 7) is 4.21. The Morgan fingerprint density at radius 3 is 2.42 bits per heavy atom. The third-order valence-corrected chi connectivity index (χ3v) is 3.58. The second kappa shape index (κ2) is 5.89. The van der Waals surface area contributed by atoms with Crippen molar-refractivity contribution in [2.24, 2.45) is 5.73 Å². The van der Waals surface area contributed by atoms with Crippen LogP contribution in [0.2, 0.25) is 0 Å². The first kappa shape index (κ1) is 13.6. The Hall–Kier alpha value is -1.80. The van der Waals surface area contributed by atoms with Crippen LogP contribution in [0.1, 0.15) is 28.3 Å². The molecule has 0 radical (unpaired) electrons. The lowest BCUT2D eigenvalue weighted by molar-refractivity contribution is 0.414. The zero-order chi connectivity index (χ0) is 13.8. The van der Waals surface area contributed by atoms with E-state index in [9.17, 15) is 0 Å². The monoisotopic (exact) mass is 255 g/mol. The van der Waals surface area contributed by atoms with Crippen molar-refractivity contribution in [3.05, 3.63) is 64.7 Å². The van der Waals surface area contributed by atoms with Crippen LogP contribution in [-0.2, 0) is 6.42 Å². The molecule has 100 valence electrons. The predicted octanol–water partition coefficient (Wildman–Crippen LogP) is 3.55. The summed E-state index contributed by atoms with van der Waals surface area (Å²) in [6, 6.07) is 14.5. The summed E-state index contributed by atoms with van der Waals surface area (Å²) >= 11 is 0. The third kappa shape index (κ3) is 3.15. The van der Waals surface area contributed by atoms with Gasteiger partial charge in [-0.2, -0.15) is 0 Å². The molecule has 0 aliphatic carbocycles. The number of rotatable bonds is 4. The summed E-state index contributed by atoms with van der Waals surface area (Å²) in [6.07, 6.45) is 0.861. The van der Waals surface area contributed by atoms with Crippen LogP contribution in [0.3, 0.4) is 0 Å². The van der Waals surface area contributed by atoms with E-state index in [-0.39, 0.29) is 6.04 Å². The van der Waals surface area contributed by atoms with Crippen LogP contribution in [0.25, 0.3) is 0 Å². The van der Waals surface area contributed by atoms with Crippen LogP contribution in [0.5, 0.6) is 5.75 Å². The molecule has 2 heteroatoms. The van der Waals surface area contributed by atoms with E-state index in [1.807, 2.05) is 12.1 Å². The molecule has 1 unspecified atom stereocenters. The maximum atomic E-state index is 6.35. The van der Waals surface area contributed by atoms with Gasteiger partial charge in [0.05, 0.1) is 7.11 Å². The number of aryl methyl sites for hydroxylation is 2. The Bertz CT molecular complexity index is 563. The average Bonchev–Trinajstić information content (AvgIpc) is 2.41. The molecule has 0 aliphatic rings. The van der Waals surface area contributed by atoms with Gasteiger partial charge in [-0.25, -0.2) is 0 Å². The standard InChI is InChI=1S/C17H21NO/c1-12-6-4-5-7-14(12)11-17(18)16-9-8-15(19-3)10-13(16)2/h4-10,17H,11,18H2,1-3H3. The van der Waals surface area contributed by atoms with Gasteiger partial charge in [0.1, 0.15) is 5.75 Å². The number of hydrogen-bond donors (Lipinski definition) is 1. The van der Waals surface area contributed by atoms with Crippen LogP contribution >= 0.6 is 0 Å². The van der Waals surface area contributed by atoms with Gasteiger partial charge in [-0.15, -0.1) is 0 Å². The lowest BCUT2D eigenvalue weighted by atomic mass is 9.94. The number of methoxy groups -OCH3 is 1. The first-order chi connectivity index (χ1) is 9.11. The highest BCUT2D eigenvalue weighted by Gasteiger charge is 2.11. The molecule has 2 aromatic carbocycles. The van der Waals surface area contributed by atoms with Gasteiger partial charge in [0.25, 0.3) is 0 Å². The zero-order valence-corrected chi connectivity index (χ0v) is 11.8. The normalized spacial score (nSPS) is 12.2. The smallest absolute Gasteiger partial charge is 0.119 e. The molecule has 2 nitrogen and oxygen atoms in total. The Kier molecular flexibility index (Phi) is 4.23. The summed E-state index contributed by atoms with van der Waals surface area (Å²) in [7, 11) is 1.68. The lowest BCUT2D eigenvalue weighted by Gasteiger charge is -2.17. The Labute approximate surface area is 115 Å². The van der Waals surface area contributed by atoms with Crippen molar-refractivity contribution in [1.82, 2.24) is 0 Å². The molecule has 0 aliphatic heterocycles. The van der Waals surface area contributed by atoms with Gasteiger partial charge in [-0.05, 0) is 54.7 Å². The molecule has 2 N–H and O–H groups in total. The van der Waals surface area contributed by atoms with Crippen molar-refractivity contribution >= 4 is 0 Å². The van der Waals surface area contributed by atoms with Crippen LogP contribution < -0.4 is 10.5 Å². The summed E-state index contributed by atoms with van der Waals surface area (Å²) in [5.41, 5.74) is 11.3. The molecule has 0 amide bonds. The van der Waals surface area contributed by atoms with E-state index in [0.29, 0.717) is 0 Å². The van der Waals surface area contributed by atoms with Crippen LogP contribution in [-0.4, -0.2) is 7.11 Å². The van der Waals surface area contributed by atoms with Gasteiger partial charge in [-0.3, -0.25) is 0 Å². The Balaban J connectivity index is 2.21. The second-order valence-corrected chi connectivity index (χ2v) is 4.96. The minimum atomic E-state index is 0.0204. The minimum absolute atomic E-state index is 0.0204. The van der Waals surface area contributed by atoms with Crippen LogP contribution in [0.4, 0.5) is 0 Å². The Morgan fingerprint density at radius 1 is 1.05 bits per heavy atom. The van der Waals surface area contributed by atoms with E-state index in [1.165, 1.54) is 22.3 Å². The number of ether oxygens (including phenoxy) is 1. The second-order valence-electron chi connectivity index (χ2n) is 4.96. The fourth-order valence-electron chi connectivity index (χ4n) is 2.38. The molecule has 0 heterocycles. The first-order valence-electron chi connectivity index (χ1n) is 6.56. The highest BCUT2D eigenvalue weighted by Crippen LogP contribution is 2.24. The largest absolute Gasteiger partial charge is 0.497 e. The van der Waals surface area contributed by atoms with Gasteiger partial charge >= 0.3 is 0 Å². The maximum absolute atomic E-state index is 6.35. The molecule has 2 rings (SSSR count). The van der Waals surface area contributed by atoms with Gasteiger partial charge in [-0.1, -0.05) is 30.3 Å². The topological polar surface area (TPSA) is 35.2 Å². The van der Waals surface area contributed by atoms with Crippen molar-refractivity contribution in [2.45, 2.75) is 26.3 Å². The quantitative estimate of drug-likeness (QED) is 0.906. The molecule has 19 heavy (non-hydrogen) atoms. The number of benzene rings is 2. The van der Waals surface area contributed by atoms with Gasteiger partial charge in [0.2, 0.25) is 0 Å². The molecule has 0 spiro atoms. The minimum Gasteiger partial charge on any atom is -0.497 e. The Morgan fingerprint density at radius 2 is 1.79 bits per heavy atom. The molecule has 2 aromatic rings. The van der Waals surface area contributed by atoms with Gasteiger partial charge in [0, 0.05) is 6.04 Å². The summed E-state index contributed by atoms with van der Waals surface area (Å²) in [5, 5.41) is 0.